The molecule has 19 heavy (non-hydrogen) atoms. The second-order valence-corrected chi connectivity index (χ2v) is 5.40. The van der Waals surface area contributed by atoms with Crippen molar-refractivity contribution in [3.05, 3.63) is 24.3 Å². The molecule has 0 aromatic heterocycles. The van der Waals surface area contributed by atoms with Crippen LogP contribution in [0.3, 0.4) is 0 Å². The Morgan fingerprint density at radius 3 is 2.32 bits per heavy atom. The van der Waals surface area contributed by atoms with Crippen LogP contribution in [0.4, 0.5) is 11.4 Å². The van der Waals surface area contributed by atoms with Crippen LogP contribution in [-0.4, -0.2) is 23.2 Å². The van der Waals surface area contributed by atoms with E-state index >= 15 is 0 Å². The van der Waals surface area contributed by atoms with Crippen LogP contribution in [0.1, 0.15) is 39.0 Å². The van der Waals surface area contributed by atoms with Crippen LogP contribution < -0.4 is 10.6 Å². The molecule has 4 nitrogen and oxygen atoms in total. The number of nitrogens with one attached hydrogen (secondary N) is 2. The Morgan fingerprint density at radius 1 is 1.16 bits per heavy atom. The van der Waals surface area contributed by atoms with Crippen molar-refractivity contribution in [1.82, 2.24) is 0 Å². The quantitative estimate of drug-likeness (QED) is 0.782. The molecule has 0 bridgehead atoms. The van der Waals surface area contributed by atoms with Gasteiger partial charge in [-0.05, 0) is 37.1 Å². The van der Waals surface area contributed by atoms with E-state index in [1.165, 1.54) is 13.3 Å². The summed E-state index contributed by atoms with van der Waals surface area (Å²) in [5.41, 5.74) is 1.19. The highest BCUT2D eigenvalue weighted by Crippen LogP contribution is 2.28. The molecule has 0 radical (unpaired) electrons. The van der Waals surface area contributed by atoms with Crippen molar-refractivity contribution in [2.75, 3.05) is 17.2 Å². The molecule has 1 aliphatic carbocycles. The molecule has 0 saturated heterocycles. The van der Waals surface area contributed by atoms with Gasteiger partial charge in [0.1, 0.15) is 0 Å². The van der Waals surface area contributed by atoms with E-state index in [4.69, 9.17) is 0 Å². The predicted molar refractivity (Wildman–Crippen MR) is 77.3 cm³/mol. The first-order chi connectivity index (χ1) is 9.07. The minimum absolute atomic E-state index is 0.0720. The molecule has 0 unspecified atom stereocenters. The summed E-state index contributed by atoms with van der Waals surface area (Å²) in [7, 11) is 0. The first-order valence-corrected chi connectivity index (χ1v) is 6.91. The molecule has 3 N–H and O–H groups in total. The van der Waals surface area contributed by atoms with Crippen molar-refractivity contribution in [3.63, 3.8) is 0 Å². The molecule has 104 valence electrons. The third-order valence-electron chi connectivity index (χ3n) is 3.61. The Bertz CT molecular complexity index is 422. The Hall–Kier alpha value is -1.55. The summed E-state index contributed by atoms with van der Waals surface area (Å²) in [6.45, 7) is 2.08. The second-order valence-electron chi connectivity index (χ2n) is 5.40. The largest absolute Gasteiger partial charge is 0.388 e. The van der Waals surface area contributed by atoms with E-state index in [2.05, 4.69) is 10.6 Å². The lowest BCUT2D eigenvalue weighted by atomic mass is 9.85. The van der Waals surface area contributed by atoms with E-state index in [1.54, 1.807) is 0 Å². The molecule has 1 saturated carbocycles. The maximum Gasteiger partial charge on any atom is 0.221 e. The van der Waals surface area contributed by atoms with Gasteiger partial charge in [-0.2, -0.15) is 0 Å². The van der Waals surface area contributed by atoms with E-state index in [-0.39, 0.29) is 5.91 Å². The highest BCUT2D eigenvalue weighted by atomic mass is 16.3. The zero-order chi connectivity index (χ0) is 13.7. The lowest BCUT2D eigenvalue weighted by molar-refractivity contribution is -0.114. The van der Waals surface area contributed by atoms with E-state index in [9.17, 15) is 9.90 Å². The monoisotopic (exact) mass is 262 g/mol. The van der Waals surface area contributed by atoms with Crippen LogP contribution in [0.15, 0.2) is 24.3 Å². The minimum Gasteiger partial charge on any atom is -0.388 e. The van der Waals surface area contributed by atoms with Crippen molar-refractivity contribution in [3.8, 4) is 0 Å². The first-order valence-electron chi connectivity index (χ1n) is 6.91. The molecular weight excluding hydrogens is 240 g/mol. The van der Waals surface area contributed by atoms with Crippen molar-refractivity contribution >= 4 is 17.3 Å². The standard InChI is InChI=1S/C15H22N2O2/c1-12(18)17-14-7-5-13(6-8-14)16-11-15(19)9-3-2-4-10-15/h5-8,16,19H,2-4,9-11H2,1H3,(H,17,18). The summed E-state index contributed by atoms with van der Waals surface area (Å²) >= 11 is 0. The number of amides is 1. The van der Waals surface area contributed by atoms with Gasteiger partial charge in [-0.1, -0.05) is 19.3 Å². The fourth-order valence-corrected chi connectivity index (χ4v) is 2.53. The molecule has 0 aliphatic heterocycles. The molecule has 4 heteroatoms. The molecule has 1 aromatic rings. The van der Waals surface area contributed by atoms with Gasteiger partial charge >= 0.3 is 0 Å². The van der Waals surface area contributed by atoms with E-state index in [0.717, 1.165) is 37.1 Å². The SMILES string of the molecule is CC(=O)Nc1ccc(NCC2(O)CCCCC2)cc1. The minimum atomic E-state index is -0.561. The van der Waals surface area contributed by atoms with E-state index in [0.29, 0.717) is 6.54 Å². The fourth-order valence-electron chi connectivity index (χ4n) is 2.53. The van der Waals surface area contributed by atoms with Gasteiger partial charge in [0.05, 0.1) is 5.60 Å². The molecule has 1 fully saturated rings. The third-order valence-corrected chi connectivity index (χ3v) is 3.61. The lowest BCUT2D eigenvalue weighted by Crippen LogP contribution is -2.38. The zero-order valence-corrected chi connectivity index (χ0v) is 11.4. The summed E-state index contributed by atoms with van der Waals surface area (Å²) in [5.74, 6) is -0.0720. The normalized spacial score (nSPS) is 17.8. The molecule has 0 heterocycles. The number of hydrogen-bond donors (Lipinski definition) is 3. The summed E-state index contributed by atoms with van der Waals surface area (Å²) < 4.78 is 0. The van der Waals surface area contributed by atoms with Gasteiger partial charge in [0, 0.05) is 24.8 Å². The Morgan fingerprint density at radius 2 is 1.74 bits per heavy atom. The molecule has 2 rings (SSSR count). The van der Waals surface area contributed by atoms with Crippen LogP contribution in [0, 0.1) is 0 Å². The van der Waals surface area contributed by atoms with Crippen LogP contribution in [0.2, 0.25) is 0 Å². The van der Waals surface area contributed by atoms with Crippen molar-refractivity contribution < 1.29 is 9.90 Å². The Kier molecular flexibility index (Phi) is 4.43. The molecule has 0 spiro atoms. The summed E-state index contributed by atoms with van der Waals surface area (Å²) in [6, 6.07) is 7.54. The van der Waals surface area contributed by atoms with Gasteiger partial charge in [-0.3, -0.25) is 4.79 Å². The van der Waals surface area contributed by atoms with E-state index < -0.39 is 5.60 Å². The number of hydrogen-bond acceptors (Lipinski definition) is 3. The van der Waals surface area contributed by atoms with Crippen LogP contribution in [-0.2, 0) is 4.79 Å². The van der Waals surface area contributed by atoms with Crippen molar-refractivity contribution in [1.29, 1.82) is 0 Å². The number of benzene rings is 1. The number of anilines is 2. The Balaban J connectivity index is 1.87. The highest BCUT2D eigenvalue weighted by molar-refractivity contribution is 5.88. The summed E-state index contributed by atoms with van der Waals surface area (Å²) in [5, 5.41) is 16.4. The zero-order valence-electron chi connectivity index (χ0n) is 11.4. The average molecular weight is 262 g/mol. The van der Waals surface area contributed by atoms with Crippen molar-refractivity contribution in [2.24, 2.45) is 0 Å². The van der Waals surface area contributed by atoms with Gasteiger partial charge in [0.2, 0.25) is 5.91 Å². The smallest absolute Gasteiger partial charge is 0.221 e. The van der Waals surface area contributed by atoms with Crippen LogP contribution in [0.5, 0.6) is 0 Å². The Labute approximate surface area is 114 Å². The lowest BCUT2D eigenvalue weighted by Gasteiger charge is -2.32. The number of carbonyl (C=O) groups is 1. The van der Waals surface area contributed by atoms with Crippen molar-refractivity contribution in [2.45, 2.75) is 44.6 Å². The van der Waals surface area contributed by atoms with Gasteiger partial charge in [0.15, 0.2) is 0 Å². The van der Waals surface area contributed by atoms with Gasteiger partial charge in [0.25, 0.3) is 0 Å². The number of carbonyl (C=O) groups excluding carboxylic acids is 1. The maximum absolute atomic E-state index is 10.9. The predicted octanol–water partition coefficient (Wildman–Crippen LogP) is 2.75. The second kappa shape index (κ2) is 6.06. The van der Waals surface area contributed by atoms with E-state index in [1.807, 2.05) is 24.3 Å². The number of aliphatic hydroxyl groups is 1. The molecule has 1 aliphatic rings. The van der Waals surface area contributed by atoms with Gasteiger partial charge < -0.3 is 15.7 Å². The van der Waals surface area contributed by atoms with Gasteiger partial charge in [-0.25, -0.2) is 0 Å². The summed E-state index contributed by atoms with van der Waals surface area (Å²) in [4.78, 5) is 10.9. The third kappa shape index (κ3) is 4.24. The molecular formula is C15H22N2O2. The molecule has 1 amide bonds. The topological polar surface area (TPSA) is 61.4 Å². The van der Waals surface area contributed by atoms with Crippen LogP contribution in [0.25, 0.3) is 0 Å². The highest BCUT2D eigenvalue weighted by Gasteiger charge is 2.28. The molecule has 1 aromatic carbocycles. The summed E-state index contributed by atoms with van der Waals surface area (Å²) in [6.07, 6.45) is 5.21. The van der Waals surface area contributed by atoms with Crippen LogP contribution >= 0.6 is 0 Å². The first kappa shape index (κ1) is 13.9. The average Bonchev–Trinajstić information content (AvgIpc) is 2.38. The molecule has 0 atom stereocenters. The maximum atomic E-state index is 10.9. The van der Waals surface area contributed by atoms with Gasteiger partial charge in [-0.15, -0.1) is 0 Å². The number of rotatable bonds is 4. The fraction of sp³-hybridized carbons (Fsp3) is 0.533.